The quantitative estimate of drug-likeness (QED) is 0.370. The van der Waals surface area contributed by atoms with Gasteiger partial charge in [-0.25, -0.2) is 13.4 Å². The van der Waals surface area contributed by atoms with E-state index in [9.17, 15) is 28.5 Å². The van der Waals surface area contributed by atoms with Gasteiger partial charge in [-0.2, -0.15) is 4.98 Å². The first-order valence-corrected chi connectivity index (χ1v) is 8.64. The summed E-state index contributed by atoms with van der Waals surface area (Å²) in [5.41, 5.74) is 4.16. The van der Waals surface area contributed by atoms with Crippen LogP contribution < -0.4 is 11.3 Å². The first kappa shape index (κ1) is 16.8. The Labute approximate surface area is 134 Å². The summed E-state index contributed by atoms with van der Waals surface area (Å²) < 4.78 is 30.2. The predicted molar refractivity (Wildman–Crippen MR) is 78.7 cm³/mol. The number of aliphatic hydroxyl groups excluding tert-OH is 3. The molecule has 0 spiro atoms. The number of nitrogens with one attached hydrogen (secondary N) is 1. The van der Waals surface area contributed by atoms with E-state index >= 15 is 0 Å². The number of nitrogen functional groups attached to an aromatic ring is 1. The average Bonchev–Trinajstić information content (AvgIpc) is 2.98. The van der Waals surface area contributed by atoms with Crippen molar-refractivity contribution in [2.45, 2.75) is 29.7 Å². The minimum atomic E-state index is -3.94. The van der Waals surface area contributed by atoms with Crippen LogP contribution in [0.1, 0.15) is 6.23 Å². The lowest BCUT2D eigenvalue weighted by Crippen LogP contribution is -2.33. The molecule has 4 unspecified atom stereocenters. The highest BCUT2D eigenvalue weighted by atomic mass is 32.2. The Kier molecular flexibility index (Phi) is 3.84. The van der Waals surface area contributed by atoms with Crippen LogP contribution in [0.2, 0.25) is 0 Å². The van der Waals surface area contributed by atoms with Crippen LogP contribution in [-0.4, -0.2) is 74.4 Å². The number of aromatic amines is 1. The number of sulfone groups is 1. The van der Waals surface area contributed by atoms with Crippen molar-refractivity contribution in [3.63, 3.8) is 0 Å². The number of aliphatic hydroxyl groups is 3. The van der Waals surface area contributed by atoms with Gasteiger partial charge in [-0.15, -0.1) is 0 Å². The number of rotatable bonds is 3. The molecule has 12 nitrogen and oxygen atoms in total. The van der Waals surface area contributed by atoms with Gasteiger partial charge in [-0.05, 0) is 0 Å². The summed E-state index contributed by atoms with van der Waals surface area (Å²) in [5, 5.41) is 28.6. The highest BCUT2D eigenvalue weighted by Crippen LogP contribution is 2.33. The molecular formula is C11H15N5O7S. The molecule has 1 fully saturated rings. The number of imidazole rings is 1. The SMILES string of the molecule is CS(=O)(=O)c1nc2c(=O)[nH]c(N)nc2n1C1OC(CO)C(O)C1O. The van der Waals surface area contributed by atoms with Crippen molar-refractivity contribution >= 4 is 26.9 Å². The molecule has 24 heavy (non-hydrogen) atoms. The fraction of sp³-hybridized carbons (Fsp3) is 0.545. The maximum Gasteiger partial charge on any atom is 0.280 e. The Morgan fingerprint density at radius 1 is 1.33 bits per heavy atom. The first-order valence-electron chi connectivity index (χ1n) is 6.75. The van der Waals surface area contributed by atoms with Gasteiger partial charge in [-0.1, -0.05) is 0 Å². The molecule has 2 aromatic rings. The number of nitrogens with zero attached hydrogens (tertiary/aromatic N) is 3. The topological polar surface area (TPSA) is 194 Å². The van der Waals surface area contributed by atoms with Crippen molar-refractivity contribution in [1.82, 2.24) is 19.5 Å². The third kappa shape index (κ3) is 2.46. The molecule has 1 saturated heterocycles. The van der Waals surface area contributed by atoms with Crippen LogP contribution in [0.15, 0.2) is 9.95 Å². The van der Waals surface area contributed by atoms with E-state index in [0.29, 0.717) is 0 Å². The molecule has 13 heteroatoms. The number of hydrogen-bond donors (Lipinski definition) is 5. The summed E-state index contributed by atoms with van der Waals surface area (Å²) in [6.07, 6.45) is -4.77. The standard InChI is InChI=1S/C11H15N5O7S/c1-24(21,22)11-13-4-7(14-10(12)15-8(4)20)16(11)9-6(19)5(18)3(2-17)23-9/h3,5-6,9,17-19H,2H2,1H3,(H3,12,14,15,20). The molecular weight excluding hydrogens is 346 g/mol. The number of nitrogens with two attached hydrogens (primary N) is 1. The summed E-state index contributed by atoms with van der Waals surface area (Å²) in [6.45, 7) is -0.605. The van der Waals surface area contributed by atoms with Gasteiger partial charge in [0.25, 0.3) is 5.56 Å². The number of H-pyrrole nitrogens is 1. The molecule has 3 heterocycles. The minimum Gasteiger partial charge on any atom is -0.394 e. The lowest BCUT2D eigenvalue weighted by molar-refractivity contribution is -0.0550. The Morgan fingerprint density at radius 3 is 2.54 bits per heavy atom. The van der Waals surface area contributed by atoms with Gasteiger partial charge in [0.15, 0.2) is 17.4 Å². The van der Waals surface area contributed by atoms with E-state index in [1.165, 1.54) is 0 Å². The molecule has 4 atom stereocenters. The molecule has 1 aliphatic heterocycles. The Bertz CT molecular complexity index is 952. The van der Waals surface area contributed by atoms with Crippen LogP contribution in [0.3, 0.4) is 0 Å². The maximum absolute atomic E-state index is 12.0. The first-order chi connectivity index (χ1) is 11.1. The Morgan fingerprint density at radius 2 is 2.00 bits per heavy atom. The molecule has 1 aliphatic rings. The lowest BCUT2D eigenvalue weighted by atomic mass is 10.1. The van der Waals surface area contributed by atoms with Gasteiger partial charge >= 0.3 is 0 Å². The smallest absolute Gasteiger partial charge is 0.280 e. The normalized spacial score (nSPS) is 27.8. The van der Waals surface area contributed by atoms with E-state index in [0.717, 1.165) is 10.8 Å². The zero-order chi connectivity index (χ0) is 17.8. The molecule has 0 aliphatic carbocycles. The number of anilines is 1. The summed E-state index contributed by atoms with van der Waals surface area (Å²) in [7, 11) is -3.94. The van der Waals surface area contributed by atoms with Crippen LogP contribution in [0.4, 0.5) is 5.95 Å². The largest absolute Gasteiger partial charge is 0.394 e. The van der Waals surface area contributed by atoms with E-state index in [1.54, 1.807) is 0 Å². The van der Waals surface area contributed by atoms with Crippen molar-refractivity contribution in [1.29, 1.82) is 0 Å². The Balaban J connectivity index is 2.32. The zero-order valence-corrected chi connectivity index (χ0v) is 13.1. The summed E-state index contributed by atoms with van der Waals surface area (Å²) in [5.74, 6) is -0.291. The lowest BCUT2D eigenvalue weighted by Gasteiger charge is -2.18. The van der Waals surface area contributed by atoms with E-state index < -0.39 is 51.7 Å². The van der Waals surface area contributed by atoms with Crippen LogP contribution in [0, 0.1) is 0 Å². The fourth-order valence-electron chi connectivity index (χ4n) is 2.57. The van der Waals surface area contributed by atoms with Gasteiger partial charge in [0.1, 0.15) is 18.3 Å². The fourth-order valence-corrected chi connectivity index (χ4v) is 3.37. The van der Waals surface area contributed by atoms with Gasteiger partial charge < -0.3 is 25.8 Å². The highest BCUT2D eigenvalue weighted by Gasteiger charge is 2.45. The number of ether oxygens (including phenoxy) is 1. The monoisotopic (exact) mass is 361 g/mol. The number of aromatic nitrogens is 4. The van der Waals surface area contributed by atoms with Crippen molar-refractivity contribution in [3.05, 3.63) is 10.4 Å². The van der Waals surface area contributed by atoms with Crippen molar-refractivity contribution in [3.8, 4) is 0 Å². The molecule has 0 radical (unpaired) electrons. The highest BCUT2D eigenvalue weighted by molar-refractivity contribution is 7.90. The number of hydrogen-bond acceptors (Lipinski definition) is 10. The van der Waals surface area contributed by atoms with Crippen molar-refractivity contribution in [2.75, 3.05) is 18.6 Å². The summed E-state index contributed by atoms with van der Waals surface area (Å²) in [6, 6.07) is 0. The van der Waals surface area contributed by atoms with Gasteiger partial charge in [-0.3, -0.25) is 14.3 Å². The average molecular weight is 361 g/mol. The third-order valence-corrected chi connectivity index (χ3v) is 4.59. The second kappa shape index (κ2) is 5.49. The van der Waals surface area contributed by atoms with E-state index in [4.69, 9.17) is 10.5 Å². The van der Waals surface area contributed by atoms with Gasteiger partial charge in [0, 0.05) is 6.26 Å². The third-order valence-electron chi connectivity index (χ3n) is 3.64. The van der Waals surface area contributed by atoms with Crippen LogP contribution in [-0.2, 0) is 14.6 Å². The second-order valence-electron chi connectivity index (χ2n) is 5.39. The van der Waals surface area contributed by atoms with E-state index in [1.807, 2.05) is 0 Å². The van der Waals surface area contributed by atoms with Crippen molar-refractivity contribution in [2.24, 2.45) is 0 Å². The molecule has 132 valence electrons. The maximum atomic E-state index is 12.0. The minimum absolute atomic E-state index is 0.230. The predicted octanol–water partition coefficient (Wildman–Crippen LogP) is -3.28. The Hall–Kier alpha value is -2.06. The number of fused-ring (bicyclic) bond motifs is 1. The van der Waals surface area contributed by atoms with Crippen molar-refractivity contribution < 1.29 is 28.5 Å². The molecule has 0 amide bonds. The van der Waals surface area contributed by atoms with Gasteiger partial charge in [0.05, 0.1) is 6.61 Å². The second-order valence-corrected chi connectivity index (χ2v) is 7.30. The molecule has 3 rings (SSSR count). The zero-order valence-electron chi connectivity index (χ0n) is 12.3. The molecule has 2 aromatic heterocycles. The van der Waals surface area contributed by atoms with E-state index in [-0.39, 0.29) is 17.1 Å². The molecule has 0 saturated carbocycles. The van der Waals surface area contributed by atoms with Crippen LogP contribution in [0.25, 0.3) is 11.2 Å². The molecule has 6 N–H and O–H groups in total. The van der Waals surface area contributed by atoms with Gasteiger partial charge in [0.2, 0.25) is 20.9 Å². The van der Waals surface area contributed by atoms with Crippen LogP contribution in [0.5, 0.6) is 0 Å². The van der Waals surface area contributed by atoms with Crippen LogP contribution >= 0.6 is 0 Å². The molecule has 0 aromatic carbocycles. The summed E-state index contributed by atoms with van der Waals surface area (Å²) in [4.78, 5) is 21.7. The molecule has 0 bridgehead atoms. The summed E-state index contributed by atoms with van der Waals surface area (Å²) >= 11 is 0. The van der Waals surface area contributed by atoms with E-state index in [2.05, 4.69) is 15.0 Å².